The number of carbonyl (C=O) groups is 1. The third-order valence-corrected chi connectivity index (χ3v) is 5.37. The second kappa shape index (κ2) is 6.02. The Hall–Kier alpha value is -1.99. The zero-order valence-corrected chi connectivity index (χ0v) is 13.6. The van der Waals surface area contributed by atoms with Gasteiger partial charge in [0.15, 0.2) is 0 Å². The number of halogens is 1. The SMILES string of the molecule is CCN(c1ccccc1Cl)S(=O)(=O)c1cc(C(=O)O)n(C)c1. The Labute approximate surface area is 133 Å². The lowest BCUT2D eigenvalue weighted by Crippen LogP contribution is -2.30. The van der Waals surface area contributed by atoms with Crippen LogP contribution in [0.5, 0.6) is 0 Å². The van der Waals surface area contributed by atoms with E-state index in [2.05, 4.69) is 0 Å². The van der Waals surface area contributed by atoms with Crippen LogP contribution < -0.4 is 4.31 Å². The second-order valence-electron chi connectivity index (χ2n) is 4.60. The molecular weight excluding hydrogens is 328 g/mol. The molecule has 0 atom stereocenters. The van der Waals surface area contributed by atoms with Crippen LogP contribution in [0.1, 0.15) is 17.4 Å². The fourth-order valence-corrected chi connectivity index (χ4v) is 3.99. The summed E-state index contributed by atoms with van der Waals surface area (Å²) in [6, 6.07) is 7.73. The molecule has 0 unspecified atom stereocenters. The molecule has 2 aromatic rings. The van der Waals surface area contributed by atoms with E-state index in [4.69, 9.17) is 16.7 Å². The molecule has 0 fully saturated rings. The predicted molar refractivity (Wildman–Crippen MR) is 84.0 cm³/mol. The molecule has 6 nitrogen and oxygen atoms in total. The Kier molecular flexibility index (Phi) is 4.48. The summed E-state index contributed by atoms with van der Waals surface area (Å²) in [6.45, 7) is 1.85. The van der Waals surface area contributed by atoms with Gasteiger partial charge in [0.1, 0.15) is 10.6 Å². The minimum absolute atomic E-state index is 0.0887. The van der Waals surface area contributed by atoms with E-state index in [-0.39, 0.29) is 17.1 Å². The first-order valence-corrected chi connectivity index (χ1v) is 8.27. The zero-order chi connectivity index (χ0) is 16.5. The minimum atomic E-state index is -3.90. The molecule has 1 aromatic heterocycles. The normalized spacial score (nSPS) is 11.4. The summed E-state index contributed by atoms with van der Waals surface area (Å²) in [5.74, 6) is -1.19. The number of hydrogen-bond acceptors (Lipinski definition) is 3. The van der Waals surface area contributed by atoms with Crippen molar-refractivity contribution >= 4 is 33.3 Å². The zero-order valence-electron chi connectivity index (χ0n) is 12.0. The average molecular weight is 343 g/mol. The summed E-state index contributed by atoms with van der Waals surface area (Å²) >= 11 is 6.07. The lowest BCUT2D eigenvalue weighted by atomic mass is 10.3. The van der Waals surface area contributed by atoms with Crippen LogP contribution in [-0.2, 0) is 17.1 Å². The van der Waals surface area contributed by atoms with Crippen molar-refractivity contribution in [3.63, 3.8) is 0 Å². The molecule has 0 aliphatic rings. The number of aromatic nitrogens is 1. The monoisotopic (exact) mass is 342 g/mol. The highest BCUT2D eigenvalue weighted by Crippen LogP contribution is 2.30. The fourth-order valence-electron chi connectivity index (χ4n) is 2.14. The summed E-state index contributed by atoms with van der Waals surface area (Å²) in [5.41, 5.74) is 0.251. The van der Waals surface area contributed by atoms with E-state index in [1.165, 1.54) is 17.8 Å². The van der Waals surface area contributed by atoms with Crippen molar-refractivity contribution in [3.05, 3.63) is 47.2 Å². The molecular formula is C14H15ClN2O4S. The first-order chi connectivity index (χ1) is 10.3. The number of carboxylic acid groups (broad SMARTS) is 1. The number of aryl methyl sites for hydroxylation is 1. The van der Waals surface area contributed by atoms with Gasteiger partial charge in [0.2, 0.25) is 0 Å². The van der Waals surface area contributed by atoms with Crippen LogP contribution in [0.25, 0.3) is 0 Å². The molecule has 0 bridgehead atoms. The number of para-hydroxylation sites is 1. The number of anilines is 1. The Morgan fingerprint density at radius 3 is 2.50 bits per heavy atom. The third kappa shape index (κ3) is 2.82. The number of hydrogen-bond donors (Lipinski definition) is 1. The highest BCUT2D eigenvalue weighted by atomic mass is 35.5. The molecule has 0 amide bonds. The molecule has 0 spiro atoms. The molecule has 0 saturated carbocycles. The Morgan fingerprint density at radius 2 is 2.00 bits per heavy atom. The van der Waals surface area contributed by atoms with Crippen molar-refractivity contribution in [1.82, 2.24) is 4.57 Å². The summed E-state index contributed by atoms with van der Waals surface area (Å²) in [7, 11) is -2.42. The first-order valence-electron chi connectivity index (χ1n) is 6.46. The van der Waals surface area contributed by atoms with E-state index in [0.717, 1.165) is 10.4 Å². The topological polar surface area (TPSA) is 79.6 Å². The van der Waals surface area contributed by atoms with Crippen LogP contribution in [-0.4, -0.2) is 30.6 Å². The van der Waals surface area contributed by atoms with Crippen LogP contribution in [0.4, 0.5) is 5.69 Å². The van der Waals surface area contributed by atoms with Gasteiger partial charge in [-0.3, -0.25) is 4.31 Å². The average Bonchev–Trinajstić information content (AvgIpc) is 2.84. The van der Waals surface area contributed by atoms with Crippen LogP contribution in [0, 0.1) is 0 Å². The second-order valence-corrected chi connectivity index (χ2v) is 6.87. The maximum Gasteiger partial charge on any atom is 0.352 e. The number of nitrogens with zero attached hydrogens (tertiary/aromatic N) is 2. The molecule has 22 heavy (non-hydrogen) atoms. The molecule has 118 valence electrons. The van der Waals surface area contributed by atoms with Gasteiger partial charge in [-0.25, -0.2) is 13.2 Å². The van der Waals surface area contributed by atoms with Crippen LogP contribution in [0.15, 0.2) is 41.4 Å². The number of carboxylic acids is 1. The maximum atomic E-state index is 12.8. The van der Waals surface area contributed by atoms with Gasteiger partial charge in [-0.15, -0.1) is 0 Å². The Morgan fingerprint density at radius 1 is 1.36 bits per heavy atom. The number of aromatic carboxylic acids is 1. The van der Waals surface area contributed by atoms with E-state index in [0.29, 0.717) is 10.7 Å². The summed E-state index contributed by atoms with van der Waals surface area (Å²) < 4.78 is 27.9. The van der Waals surface area contributed by atoms with E-state index >= 15 is 0 Å². The van der Waals surface area contributed by atoms with E-state index in [1.807, 2.05) is 0 Å². The van der Waals surface area contributed by atoms with Gasteiger partial charge >= 0.3 is 5.97 Å². The van der Waals surface area contributed by atoms with Crippen molar-refractivity contribution in [3.8, 4) is 0 Å². The van der Waals surface area contributed by atoms with Crippen LogP contribution in [0.2, 0.25) is 5.02 Å². The van der Waals surface area contributed by atoms with Crippen molar-refractivity contribution in [2.24, 2.45) is 7.05 Å². The van der Waals surface area contributed by atoms with Crippen molar-refractivity contribution in [2.75, 3.05) is 10.8 Å². The third-order valence-electron chi connectivity index (χ3n) is 3.20. The highest BCUT2D eigenvalue weighted by Gasteiger charge is 2.27. The van der Waals surface area contributed by atoms with E-state index < -0.39 is 16.0 Å². The lowest BCUT2D eigenvalue weighted by Gasteiger charge is -2.23. The standard InChI is InChI=1S/C14H15ClN2O4S/c1-3-17(12-7-5-4-6-11(12)15)22(20,21)10-8-13(14(18)19)16(2)9-10/h4-9H,3H2,1-2H3,(H,18,19). The first kappa shape index (κ1) is 16.4. The van der Waals surface area contributed by atoms with Gasteiger partial charge in [-0.1, -0.05) is 23.7 Å². The molecule has 1 aromatic carbocycles. The summed E-state index contributed by atoms with van der Waals surface area (Å²) in [4.78, 5) is 11.0. The van der Waals surface area contributed by atoms with Crippen LogP contribution >= 0.6 is 11.6 Å². The van der Waals surface area contributed by atoms with E-state index in [9.17, 15) is 13.2 Å². The molecule has 1 N–H and O–H groups in total. The van der Waals surface area contributed by atoms with Gasteiger partial charge in [0, 0.05) is 19.8 Å². The number of sulfonamides is 1. The predicted octanol–water partition coefficient (Wildman–Crippen LogP) is 2.59. The van der Waals surface area contributed by atoms with E-state index in [1.54, 1.807) is 31.2 Å². The molecule has 0 aliphatic carbocycles. The van der Waals surface area contributed by atoms with Crippen LogP contribution in [0.3, 0.4) is 0 Å². The Balaban J connectivity index is 2.55. The van der Waals surface area contributed by atoms with Gasteiger partial charge in [-0.2, -0.15) is 0 Å². The highest BCUT2D eigenvalue weighted by molar-refractivity contribution is 7.92. The minimum Gasteiger partial charge on any atom is -0.477 e. The summed E-state index contributed by atoms with van der Waals surface area (Å²) in [5, 5.41) is 9.36. The number of benzene rings is 1. The quantitative estimate of drug-likeness (QED) is 0.905. The largest absolute Gasteiger partial charge is 0.477 e. The Bertz CT molecular complexity index is 814. The van der Waals surface area contributed by atoms with Gasteiger partial charge in [0.05, 0.1) is 10.7 Å². The van der Waals surface area contributed by atoms with Crippen molar-refractivity contribution in [1.29, 1.82) is 0 Å². The lowest BCUT2D eigenvalue weighted by molar-refractivity contribution is 0.0686. The van der Waals surface area contributed by atoms with Gasteiger partial charge < -0.3 is 9.67 Å². The fraction of sp³-hybridized carbons (Fsp3) is 0.214. The molecule has 1 heterocycles. The maximum absolute atomic E-state index is 12.8. The van der Waals surface area contributed by atoms with Gasteiger partial charge in [0.25, 0.3) is 10.0 Å². The smallest absolute Gasteiger partial charge is 0.352 e. The molecule has 0 aliphatic heterocycles. The molecule has 0 radical (unpaired) electrons. The molecule has 2 rings (SSSR count). The summed E-state index contributed by atoms with van der Waals surface area (Å²) in [6.07, 6.45) is 1.28. The number of rotatable bonds is 5. The molecule has 8 heteroatoms. The van der Waals surface area contributed by atoms with Crippen molar-refractivity contribution < 1.29 is 18.3 Å². The molecule has 0 saturated heterocycles. The van der Waals surface area contributed by atoms with Crippen molar-refractivity contribution in [2.45, 2.75) is 11.8 Å². The van der Waals surface area contributed by atoms with Gasteiger partial charge in [-0.05, 0) is 25.1 Å².